The molecule has 0 radical (unpaired) electrons. The Morgan fingerprint density at radius 2 is 2.04 bits per heavy atom. The lowest BCUT2D eigenvalue weighted by Gasteiger charge is -2.16. The summed E-state index contributed by atoms with van der Waals surface area (Å²) in [5.74, 6) is -0.518. The minimum atomic E-state index is -4.96. The molecule has 146 valence electrons. The Balaban J connectivity index is 1.68. The molecule has 1 unspecified atom stereocenters. The molecule has 0 spiro atoms. The van der Waals surface area contributed by atoms with Gasteiger partial charge in [0.15, 0.2) is 11.9 Å². The highest BCUT2D eigenvalue weighted by molar-refractivity contribution is 5.88. The molecule has 10 heteroatoms. The van der Waals surface area contributed by atoms with Gasteiger partial charge in [0.25, 0.3) is 0 Å². The summed E-state index contributed by atoms with van der Waals surface area (Å²) in [7, 11) is 0. The molecule has 1 aliphatic carbocycles. The van der Waals surface area contributed by atoms with Crippen LogP contribution < -0.4 is 10.6 Å². The van der Waals surface area contributed by atoms with Gasteiger partial charge < -0.3 is 10.4 Å². The normalized spacial score (nSPS) is 16.7. The van der Waals surface area contributed by atoms with Crippen molar-refractivity contribution >= 4 is 11.8 Å². The van der Waals surface area contributed by atoms with Crippen LogP contribution in [0.4, 0.5) is 28.2 Å². The predicted octanol–water partition coefficient (Wildman–Crippen LogP) is 3.53. The third kappa shape index (κ3) is 4.57. The lowest BCUT2D eigenvalue weighted by atomic mass is 10.1. The maximum atomic E-state index is 14.0. The van der Waals surface area contributed by atoms with Crippen LogP contribution in [0.2, 0.25) is 0 Å². The van der Waals surface area contributed by atoms with Gasteiger partial charge in [-0.15, -0.1) is 5.10 Å². The van der Waals surface area contributed by atoms with Crippen LogP contribution in [0.15, 0.2) is 30.5 Å². The minimum absolute atomic E-state index is 0.0498. The van der Waals surface area contributed by atoms with Crippen molar-refractivity contribution in [2.45, 2.75) is 38.1 Å². The molecule has 0 saturated heterocycles. The molecule has 3 N–H and O–H groups in total. The lowest BCUT2D eigenvalue weighted by Crippen LogP contribution is -2.37. The van der Waals surface area contributed by atoms with Crippen molar-refractivity contribution in [3.05, 3.63) is 41.8 Å². The van der Waals surface area contributed by atoms with Crippen LogP contribution in [0.3, 0.4) is 0 Å². The van der Waals surface area contributed by atoms with E-state index in [4.69, 9.17) is 0 Å². The van der Waals surface area contributed by atoms with E-state index in [1.165, 1.54) is 23.0 Å². The standard InChI is InChI=1S/C17H18F4N4O2/c1-9(10-2-3-10)22-16(27)23-14-6-7-25(24-14)11-4-5-12(13(18)8-11)15(26)17(19,20)21/h4-10,15,26H,2-3H2,1H3,(H2,22,23,24,27)/t9-,15?/m0/s1. The molecular weight excluding hydrogens is 368 g/mol. The number of rotatable bonds is 5. The first kappa shape index (κ1) is 19.2. The maximum Gasteiger partial charge on any atom is 0.418 e. The lowest BCUT2D eigenvalue weighted by molar-refractivity contribution is -0.207. The van der Waals surface area contributed by atoms with Crippen LogP contribution in [0.25, 0.3) is 5.69 Å². The number of hydrogen-bond donors (Lipinski definition) is 3. The average Bonchev–Trinajstić information content (AvgIpc) is 3.33. The first-order valence-corrected chi connectivity index (χ1v) is 8.33. The quantitative estimate of drug-likeness (QED) is 0.688. The molecule has 27 heavy (non-hydrogen) atoms. The van der Waals surface area contributed by atoms with Crippen LogP contribution in [0, 0.1) is 11.7 Å². The Labute approximate surface area is 152 Å². The Hall–Kier alpha value is -2.62. The highest BCUT2D eigenvalue weighted by atomic mass is 19.4. The first-order chi connectivity index (χ1) is 12.6. The van der Waals surface area contributed by atoms with Crippen LogP contribution in [-0.2, 0) is 0 Å². The summed E-state index contributed by atoms with van der Waals surface area (Å²) in [6.07, 6.45) is -4.27. The molecular formula is C17H18F4N4O2. The van der Waals surface area contributed by atoms with Crippen LogP contribution in [-0.4, -0.2) is 33.1 Å². The topological polar surface area (TPSA) is 79.2 Å². The molecule has 1 aliphatic rings. The number of hydrogen-bond acceptors (Lipinski definition) is 3. The SMILES string of the molecule is C[C@H](NC(=O)Nc1ccn(-c2ccc(C(O)C(F)(F)F)c(F)c2)n1)C1CC1. The number of alkyl halides is 3. The number of halogens is 4. The molecule has 6 nitrogen and oxygen atoms in total. The van der Waals surface area contributed by atoms with Crippen LogP contribution in [0.5, 0.6) is 0 Å². The molecule has 1 aromatic carbocycles. The van der Waals surface area contributed by atoms with E-state index in [-0.39, 0.29) is 17.5 Å². The van der Waals surface area contributed by atoms with E-state index in [0.717, 1.165) is 25.0 Å². The number of aromatic nitrogens is 2. The van der Waals surface area contributed by atoms with Gasteiger partial charge in [-0.25, -0.2) is 13.9 Å². The Morgan fingerprint density at radius 1 is 1.33 bits per heavy atom. The number of benzene rings is 1. The molecule has 2 atom stereocenters. The van der Waals surface area contributed by atoms with E-state index in [1.807, 2.05) is 6.92 Å². The van der Waals surface area contributed by atoms with E-state index < -0.39 is 29.7 Å². The zero-order valence-electron chi connectivity index (χ0n) is 14.3. The zero-order valence-corrected chi connectivity index (χ0v) is 14.3. The molecule has 1 heterocycles. The predicted molar refractivity (Wildman–Crippen MR) is 88.9 cm³/mol. The largest absolute Gasteiger partial charge is 0.418 e. The fourth-order valence-electron chi connectivity index (χ4n) is 2.66. The van der Waals surface area contributed by atoms with Crippen molar-refractivity contribution in [3.8, 4) is 5.69 Å². The van der Waals surface area contributed by atoms with Gasteiger partial charge in [0.1, 0.15) is 5.82 Å². The molecule has 1 aromatic heterocycles. The van der Waals surface area contributed by atoms with E-state index in [1.54, 1.807) is 0 Å². The third-order valence-electron chi connectivity index (χ3n) is 4.37. The summed E-state index contributed by atoms with van der Waals surface area (Å²) in [6.45, 7) is 1.91. The van der Waals surface area contributed by atoms with Crippen molar-refractivity contribution in [2.24, 2.45) is 5.92 Å². The van der Waals surface area contributed by atoms with Gasteiger partial charge in [0.05, 0.1) is 5.69 Å². The Bertz CT molecular complexity index is 833. The average molecular weight is 386 g/mol. The number of carbonyl (C=O) groups excluding carboxylic acids is 1. The molecule has 3 rings (SSSR count). The number of nitrogens with one attached hydrogen (secondary N) is 2. The highest BCUT2D eigenvalue weighted by Crippen LogP contribution is 2.34. The van der Waals surface area contributed by atoms with Crippen molar-refractivity contribution in [2.75, 3.05) is 5.32 Å². The highest BCUT2D eigenvalue weighted by Gasteiger charge is 2.40. The van der Waals surface area contributed by atoms with Crippen LogP contribution in [0.1, 0.15) is 31.4 Å². The zero-order chi connectivity index (χ0) is 19.8. The Kier molecular flexibility index (Phi) is 5.09. The summed E-state index contributed by atoms with van der Waals surface area (Å²) in [5, 5.41) is 18.6. The Morgan fingerprint density at radius 3 is 2.63 bits per heavy atom. The van der Waals surface area contributed by atoms with E-state index in [2.05, 4.69) is 15.7 Å². The van der Waals surface area contributed by atoms with Crippen molar-refractivity contribution in [1.29, 1.82) is 0 Å². The van der Waals surface area contributed by atoms with Gasteiger partial charge in [-0.05, 0) is 37.8 Å². The monoisotopic (exact) mass is 386 g/mol. The van der Waals surface area contributed by atoms with Crippen molar-refractivity contribution in [1.82, 2.24) is 15.1 Å². The number of anilines is 1. The summed E-state index contributed by atoms with van der Waals surface area (Å²) in [4.78, 5) is 11.9. The van der Waals surface area contributed by atoms with E-state index >= 15 is 0 Å². The second-order valence-electron chi connectivity index (χ2n) is 6.52. The third-order valence-corrected chi connectivity index (χ3v) is 4.37. The van der Waals surface area contributed by atoms with Gasteiger partial charge >= 0.3 is 12.2 Å². The summed E-state index contributed by atoms with van der Waals surface area (Å²) in [6, 6.07) is 3.97. The van der Waals surface area contributed by atoms with E-state index in [9.17, 15) is 27.5 Å². The number of carbonyl (C=O) groups is 1. The van der Waals surface area contributed by atoms with Crippen molar-refractivity contribution < 1.29 is 27.5 Å². The first-order valence-electron chi connectivity index (χ1n) is 8.33. The number of aliphatic hydroxyl groups excluding tert-OH is 1. The number of aliphatic hydroxyl groups is 1. The summed E-state index contributed by atoms with van der Waals surface area (Å²) < 4.78 is 52.8. The molecule has 1 fully saturated rings. The van der Waals surface area contributed by atoms with Gasteiger partial charge in [0, 0.05) is 23.9 Å². The molecule has 2 aromatic rings. The number of nitrogens with zero attached hydrogens (tertiary/aromatic N) is 2. The number of amides is 2. The maximum absolute atomic E-state index is 14.0. The fraction of sp³-hybridized carbons (Fsp3) is 0.412. The minimum Gasteiger partial charge on any atom is -0.379 e. The van der Waals surface area contributed by atoms with Gasteiger partial charge in [-0.1, -0.05) is 6.07 Å². The molecule has 0 aliphatic heterocycles. The fourth-order valence-corrected chi connectivity index (χ4v) is 2.66. The second-order valence-corrected chi connectivity index (χ2v) is 6.52. The van der Waals surface area contributed by atoms with Gasteiger partial charge in [-0.2, -0.15) is 13.2 Å². The smallest absolute Gasteiger partial charge is 0.379 e. The second kappa shape index (κ2) is 7.18. The van der Waals surface area contributed by atoms with Gasteiger partial charge in [0.2, 0.25) is 0 Å². The molecule has 0 bridgehead atoms. The molecule has 1 saturated carbocycles. The number of urea groups is 1. The van der Waals surface area contributed by atoms with Crippen LogP contribution >= 0.6 is 0 Å². The summed E-state index contributed by atoms with van der Waals surface area (Å²) in [5.41, 5.74) is -0.726. The van der Waals surface area contributed by atoms with E-state index in [0.29, 0.717) is 5.92 Å². The van der Waals surface area contributed by atoms with Crippen molar-refractivity contribution in [3.63, 3.8) is 0 Å². The van der Waals surface area contributed by atoms with Gasteiger partial charge in [-0.3, -0.25) is 5.32 Å². The summed E-state index contributed by atoms with van der Waals surface area (Å²) >= 11 is 0. The molecule has 2 amide bonds.